The fourth-order valence-electron chi connectivity index (χ4n) is 5.35. The Kier molecular flexibility index (Phi) is 10.5. The second kappa shape index (κ2) is 14.1. The summed E-state index contributed by atoms with van der Waals surface area (Å²) >= 11 is 6.31. The molecule has 0 bridgehead atoms. The van der Waals surface area contributed by atoms with Crippen LogP contribution in [-0.2, 0) is 26.2 Å². The molecule has 0 spiro atoms. The number of carbonyl (C=O) groups is 2. The monoisotopic (exact) mass is 611 g/mol. The van der Waals surface area contributed by atoms with Crippen molar-refractivity contribution in [1.82, 2.24) is 10.2 Å². The Balaban J connectivity index is 1.77. The van der Waals surface area contributed by atoms with Crippen LogP contribution in [0.2, 0.25) is 5.02 Å². The number of ether oxygens (including phenoxy) is 1. The zero-order valence-electron chi connectivity index (χ0n) is 24.3. The number of amides is 2. The van der Waals surface area contributed by atoms with Crippen molar-refractivity contribution in [3.8, 4) is 5.75 Å². The number of nitrogens with zero attached hydrogens (tertiary/aromatic N) is 2. The normalized spacial score (nSPS) is 14.3. The summed E-state index contributed by atoms with van der Waals surface area (Å²) in [5.74, 6) is -0.513. The lowest BCUT2D eigenvalue weighted by Gasteiger charge is -2.34. The van der Waals surface area contributed by atoms with Crippen molar-refractivity contribution < 1.29 is 22.7 Å². The van der Waals surface area contributed by atoms with Crippen molar-refractivity contribution in [1.29, 1.82) is 0 Å². The second-order valence-corrected chi connectivity index (χ2v) is 12.8. The van der Waals surface area contributed by atoms with Gasteiger partial charge < -0.3 is 15.0 Å². The van der Waals surface area contributed by atoms with Crippen LogP contribution in [0.15, 0.2) is 77.7 Å². The maximum Gasteiger partial charge on any atom is 0.264 e. The van der Waals surface area contributed by atoms with Gasteiger partial charge in [-0.25, -0.2) is 8.42 Å². The largest absolute Gasteiger partial charge is 0.495 e. The summed E-state index contributed by atoms with van der Waals surface area (Å²) < 4.78 is 34.6. The van der Waals surface area contributed by atoms with Gasteiger partial charge in [-0.2, -0.15) is 0 Å². The van der Waals surface area contributed by atoms with Crippen LogP contribution in [0.1, 0.15) is 50.2 Å². The number of aryl methyl sites for hydroxylation is 1. The maximum absolute atomic E-state index is 14.3. The van der Waals surface area contributed by atoms with Crippen molar-refractivity contribution in [2.45, 2.75) is 69.5 Å². The highest BCUT2D eigenvalue weighted by Gasteiger charge is 2.35. The smallest absolute Gasteiger partial charge is 0.264 e. The third-order valence-electron chi connectivity index (χ3n) is 7.71. The quantitative estimate of drug-likeness (QED) is 0.283. The number of hydrogen-bond acceptors (Lipinski definition) is 5. The van der Waals surface area contributed by atoms with Crippen molar-refractivity contribution in [2.75, 3.05) is 18.0 Å². The first kappa shape index (κ1) is 31.4. The van der Waals surface area contributed by atoms with Crippen molar-refractivity contribution >= 4 is 39.1 Å². The summed E-state index contributed by atoms with van der Waals surface area (Å²) in [7, 11) is -2.81. The number of sulfonamides is 1. The summed E-state index contributed by atoms with van der Waals surface area (Å²) in [5.41, 5.74) is 1.96. The van der Waals surface area contributed by atoms with E-state index < -0.39 is 28.5 Å². The van der Waals surface area contributed by atoms with E-state index in [0.29, 0.717) is 6.42 Å². The Morgan fingerprint density at radius 1 is 1.02 bits per heavy atom. The SMILES string of the molecule is CC[C@@H](C(=O)NC1CCCC1)N(Cc1ccccc1C)C(=O)CN(c1cc(Cl)ccc1OC)S(=O)(=O)c1ccccc1. The highest BCUT2D eigenvalue weighted by Crippen LogP contribution is 2.35. The first-order chi connectivity index (χ1) is 20.1. The van der Waals surface area contributed by atoms with Gasteiger partial charge in [-0.3, -0.25) is 13.9 Å². The molecule has 1 aliphatic carbocycles. The molecule has 8 nitrogen and oxygen atoms in total. The highest BCUT2D eigenvalue weighted by atomic mass is 35.5. The number of rotatable bonds is 12. The predicted octanol–water partition coefficient (Wildman–Crippen LogP) is 5.72. The van der Waals surface area contributed by atoms with Crippen LogP contribution < -0.4 is 14.4 Å². The van der Waals surface area contributed by atoms with E-state index in [1.54, 1.807) is 30.3 Å². The molecule has 1 fully saturated rings. The van der Waals surface area contributed by atoms with Crippen molar-refractivity contribution in [2.24, 2.45) is 0 Å². The number of carbonyl (C=O) groups excluding carboxylic acids is 2. The number of halogens is 1. The number of nitrogens with one attached hydrogen (secondary N) is 1. The van der Waals surface area contributed by atoms with Gasteiger partial charge in [0.2, 0.25) is 11.8 Å². The van der Waals surface area contributed by atoms with Crippen LogP contribution in [0.25, 0.3) is 0 Å². The van der Waals surface area contributed by atoms with Crippen LogP contribution in [-0.4, -0.2) is 50.9 Å². The molecule has 0 heterocycles. The Hall–Kier alpha value is -3.56. The van der Waals surface area contributed by atoms with E-state index in [2.05, 4.69) is 5.32 Å². The Labute approximate surface area is 253 Å². The number of benzene rings is 3. The summed E-state index contributed by atoms with van der Waals surface area (Å²) in [5, 5.41) is 3.41. The zero-order valence-corrected chi connectivity index (χ0v) is 25.8. The average Bonchev–Trinajstić information content (AvgIpc) is 3.50. The van der Waals surface area contributed by atoms with Crippen LogP contribution in [0.4, 0.5) is 5.69 Å². The van der Waals surface area contributed by atoms with E-state index in [1.807, 2.05) is 38.1 Å². The minimum Gasteiger partial charge on any atom is -0.495 e. The van der Waals surface area contributed by atoms with E-state index in [9.17, 15) is 18.0 Å². The van der Waals surface area contributed by atoms with Crippen LogP contribution >= 0.6 is 11.6 Å². The molecule has 0 radical (unpaired) electrons. The molecule has 3 aromatic rings. The molecule has 4 rings (SSSR count). The van der Waals surface area contributed by atoms with Gasteiger partial charge in [0.05, 0.1) is 17.7 Å². The first-order valence-electron chi connectivity index (χ1n) is 14.2. The van der Waals surface area contributed by atoms with Crippen molar-refractivity contribution in [3.63, 3.8) is 0 Å². The fraction of sp³-hybridized carbons (Fsp3) is 0.375. The first-order valence-corrected chi connectivity index (χ1v) is 16.0. The van der Waals surface area contributed by atoms with E-state index in [4.69, 9.17) is 16.3 Å². The van der Waals surface area contributed by atoms with Crippen LogP contribution in [0.5, 0.6) is 5.75 Å². The van der Waals surface area contributed by atoms with E-state index in [-0.39, 0.29) is 39.8 Å². The van der Waals surface area contributed by atoms with E-state index in [0.717, 1.165) is 41.1 Å². The average molecular weight is 612 g/mol. The molecule has 1 atom stereocenters. The molecule has 0 saturated heterocycles. The minimum atomic E-state index is -4.24. The molecule has 42 heavy (non-hydrogen) atoms. The molecule has 2 amide bonds. The van der Waals surface area contributed by atoms with Gasteiger partial charge in [-0.15, -0.1) is 0 Å². The molecule has 10 heteroatoms. The molecule has 224 valence electrons. The lowest BCUT2D eigenvalue weighted by atomic mass is 10.1. The van der Waals surface area contributed by atoms with Gasteiger partial charge in [-0.05, 0) is 67.6 Å². The van der Waals surface area contributed by atoms with E-state index >= 15 is 0 Å². The molecular weight excluding hydrogens is 574 g/mol. The summed E-state index contributed by atoms with van der Waals surface area (Å²) in [6.07, 6.45) is 4.29. The minimum absolute atomic E-state index is 0.0105. The molecule has 1 aliphatic rings. The standard InChI is InChI=1S/C32H38ClN3O5S/c1-4-28(32(38)34-26-14-10-11-15-26)35(21-24-13-9-8-12-23(24)2)31(37)22-36(29-20-25(33)18-19-30(29)41-3)42(39,40)27-16-6-5-7-17-27/h5-9,12-13,16-20,26,28H,4,10-11,14-15,21-22H2,1-3H3,(H,34,38)/t28-/m0/s1. The number of hydrogen-bond donors (Lipinski definition) is 1. The summed E-state index contributed by atoms with van der Waals surface area (Å²) in [6.45, 7) is 3.39. The molecule has 1 saturated carbocycles. The summed E-state index contributed by atoms with van der Waals surface area (Å²) in [6, 6.07) is 19.4. The van der Waals surface area contributed by atoms with Gasteiger partial charge in [0.1, 0.15) is 18.3 Å². The molecular formula is C32H38ClN3O5S. The Morgan fingerprint density at radius 2 is 1.69 bits per heavy atom. The highest BCUT2D eigenvalue weighted by molar-refractivity contribution is 7.92. The molecule has 0 aromatic heterocycles. The number of methoxy groups -OCH3 is 1. The van der Waals surface area contributed by atoms with Crippen molar-refractivity contribution in [3.05, 3.63) is 88.9 Å². The van der Waals surface area contributed by atoms with Crippen LogP contribution in [0, 0.1) is 6.92 Å². The zero-order chi connectivity index (χ0) is 30.3. The van der Waals surface area contributed by atoms with E-state index in [1.165, 1.54) is 30.2 Å². The number of anilines is 1. The maximum atomic E-state index is 14.3. The second-order valence-electron chi connectivity index (χ2n) is 10.5. The van der Waals surface area contributed by atoms with Gasteiger partial charge >= 0.3 is 0 Å². The van der Waals surface area contributed by atoms with Gasteiger partial charge in [0.25, 0.3) is 10.0 Å². The predicted molar refractivity (Wildman–Crippen MR) is 165 cm³/mol. The summed E-state index contributed by atoms with van der Waals surface area (Å²) in [4.78, 5) is 29.4. The third-order valence-corrected chi connectivity index (χ3v) is 9.72. The lowest BCUT2D eigenvalue weighted by molar-refractivity contribution is -0.140. The molecule has 0 unspecified atom stereocenters. The Bertz CT molecular complexity index is 1490. The molecule has 3 aromatic carbocycles. The van der Waals surface area contributed by atoms with Crippen LogP contribution in [0.3, 0.4) is 0 Å². The van der Waals surface area contributed by atoms with Gasteiger partial charge in [0.15, 0.2) is 0 Å². The van der Waals surface area contributed by atoms with Gasteiger partial charge in [0, 0.05) is 17.6 Å². The Morgan fingerprint density at radius 3 is 2.33 bits per heavy atom. The lowest BCUT2D eigenvalue weighted by Crippen LogP contribution is -2.53. The van der Waals surface area contributed by atoms with Gasteiger partial charge in [-0.1, -0.05) is 73.8 Å². The molecule has 0 aliphatic heterocycles. The fourth-order valence-corrected chi connectivity index (χ4v) is 6.95. The topological polar surface area (TPSA) is 96.0 Å². The molecule has 1 N–H and O–H groups in total. The third kappa shape index (κ3) is 7.25.